The van der Waals surface area contributed by atoms with Crippen LogP contribution in [0.4, 0.5) is 13.2 Å². The summed E-state index contributed by atoms with van der Waals surface area (Å²) in [5.74, 6) is 0. The molecule has 0 amide bonds. The predicted octanol–water partition coefficient (Wildman–Crippen LogP) is 1.08. The van der Waals surface area contributed by atoms with Gasteiger partial charge in [0.1, 0.15) is 10.6 Å². The molecule has 1 aliphatic rings. The molecule has 2 rings (SSSR count). The Morgan fingerprint density at radius 3 is 2.55 bits per heavy atom. The van der Waals surface area contributed by atoms with Gasteiger partial charge in [0.2, 0.25) is 10.0 Å². The number of likely N-dealkylation sites (N-methyl/N-ethyl adjacent to an activating group) is 1. The van der Waals surface area contributed by atoms with Crippen LogP contribution in [-0.4, -0.2) is 43.9 Å². The molecule has 5 nitrogen and oxygen atoms in total. The Balaban J connectivity index is 2.25. The number of aromatic nitrogens is 1. The van der Waals surface area contributed by atoms with Crippen molar-refractivity contribution >= 4 is 10.0 Å². The molecule has 1 aromatic heterocycles. The third-order valence-electron chi connectivity index (χ3n) is 3.25. The molecule has 0 aliphatic carbocycles. The lowest BCUT2D eigenvalue weighted by Gasteiger charge is -2.23. The molecule has 1 aromatic rings. The normalized spacial score (nSPS) is 20.6. The first-order valence-electron chi connectivity index (χ1n) is 5.95. The molecule has 0 saturated carbocycles. The highest BCUT2D eigenvalue weighted by atomic mass is 32.2. The fourth-order valence-corrected chi connectivity index (χ4v) is 3.34. The van der Waals surface area contributed by atoms with E-state index in [1.807, 2.05) is 0 Å². The molecule has 20 heavy (non-hydrogen) atoms. The number of nitrogens with one attached hydrogen (secondary N) is 1. The van der Waals surface area contributed by atoms with Crippen LogP contribution in [0, 0.1) is 0 Å². The summed E-state index contributed by atoms with van der Waals surface area (Å²) in [6, 6.07) is 1.42. The quantitative estimate of drug-likeness (QED) is 0.908. The molecule has 112 valence electrons. The van der Waals surface area contributed by atoms with Crippen molar-refractivity contribution in [1.82, 2.24) is 14.6 Å². The average Bonchev–Trinajstić information content (AvgIpc) is 2.90. The van der Waals surface area contributed by atoms with Gasteiger partial charge in [0.25, 0.3) is 0 Å². The van der Waals surface area contributed by atoms with Crippen molar-refractivity contribution in [3.05, 3.63) is 24.0 Å². The molecular weight excluding hydrogens is 295 g/mol. The van der Waals surface area contributed by atoms with Crippen LogP contribution in [0.1, 0.15) is 12.1 Å². The lowest BCUT2D eigenvalue weighted by molar-refractivity contribution is -0.141. The van der Waals surface area contributed by atoms with Crippen molar-refractivity contribution in [3.63, 3.8) is 0 Å². The summed E-state index contributed by atoms with van der Waals surface area (Å²) in [6.07, 6.45) is -3.16. The third-order valence-corrected chi connectivity index (χ3v) is 5.15. The fraction of sp³-hybridized carbons (Fsp3) is 0.545. The predicted molar refractivity (Wildman–Crippen MR) is 65.5 cm³/mol. The van der Waals surface area contributed by atoms with E-state index in [0.29, 0.717) is 19.0 Å². The second-order valence-corrected chi connectivity index (χ2v) is 6.54. The molecule has 1 saturated heterocycles. The summed E-state index contributed by atoms with van der Waals surface area (Å²) in [6.45, 7) is 1.25. The Labute approximate surface area is 114 Å². The molecular formula is C11H14F3N3O2S. The molecule has 0 radical (unpaired) electrons. The van der Waals surface area contributed by atoms with E-state index >= 15 is 0 Å². The molecule has 0 aromatic carbocycles. The Kier molecular flexibility index (Phi) is 4.03. The van der Waals surface area contributed by atoms with E-state index in [0.717, 1.165) is 18.8 Å². The van der Waals surface area contributed by atoms with Crippen molar-refractivity contribution in [2.45, 2.75) is 23.5 Å². The number of rotatable bonds is 3. The van der Waals surface area contributed by atoms with E-state index in [4.69, 9.17) is 0 Å². The first-order valence-corrected chi connectivity index (χ1v) is 7.39. The molecule has 1 aliphatic heterocycles. The second kappa shape index (κ2) is 5.30. The number of hydrogen-bond acceptors (Lipinski definition) is 4. The SMILES string of the molecule is CN(C1CCNC1)S(=O)(=O)c1ccc(C(F)(F)F)nc1. The number of hydrogen-bond donors (Lipinski definition) is 1. The Bertz CT molecular complexity index is 566. The van der Waals surface area contributed by atoms with Crippen LogP contribution in [0.15, 0.2) is 23.2 Å². The van der Waals surface area contributed by atoms with E-state index in [1.165, 1.54) is 11.4 Å². The largest absolute Gasteiger partial charge is 0.433 e. The minimum Gasteiger partial charge on any atom is -0.315 e. The molecule has 1 atom stereocenters. The van der Waals surface area contributed by atoms with Crippen molar-refractivity contribution in [2.75, 3.05) is 20.1 Å². The van der Waals surface area contributed by atoms with Gasteiger partial charge in [-0.1, -0.05) is 0 Å². The number of pyridine rings is 1. The first kappa shape index (κ1) is 15.2. The molecule has 9 heteroatoms. The van der Waals surface area contributed by atoms with Gasteiger partial charge in [-0.15, -0.1) is 0 Å². The van der Waals surface area contributed by atoms with Crippen LogP contribution >= 0.6 is 0 Å². The van der Waals surface area contributed by atoms with E-state index in [-0.39, 0.29) is 10.9 Å². The van der Waals surface area contributed by atoms with Crippen molar-refractivity contribution in [2.24, 2.45) is 0 Å². The summed E-state index contributed by atoms with van der Waals surface area (Å²) >= 11 is 0. The van der Waals surface area contributed by atoms with Gasteiger partial charge in [0, 0.05) is 25.8 Å². The number of halogens is 3. The van der Waals surface area contributed by atoms with Gasteiger partial charge in [-0.2, -0.15) is 17.5 Å². The first-order chi connectivity index (χ1) is 9.23. The highest BCUT2D eigenvalue weighted by Gasteiger charge is 2.34. The summed E-state index contributed by atoms with van der Waals surface area (Å²) in [5.41, 5.74) is -1.11. The van der Waals surface area contributed by atoms with Crippen molar-refractivity contribution in [1.29, 1.82) is 0 Å². The summed E-state index contributed by atoms with van der Waals surface area (Å²) in [5, 5.41) is 3.04. The van der Waals surface area contributed by atoms with Crippen molar-refractivity contribution < 1.29 is 21.6 Å². The summed E-state index contributed by atoms with van der Waals surface area (Å²) in [7, 11) is -2.40. The van der Waals surface area contributed by atoms with Gasteiger partial charge < -0.3 is 5.32 Å². The lowest BCUT2D eigenvalue weighted by Crippen LogP contribution is -2.38. The molecule has 1 unspecified atom stereocenters. The molecule has 1 fully saturated rings. The Hall–Kier alpha value is -1.19. The highest BCUT2D eigenvalue weighted by molar-refractivity contribution is 7.89. The number of sulfonamides is 1. The summed E-state index contributed by atoms with van der Waals surface area (Å²) in [4.78, 5) is 2.94. The molecule has 0 spiro atoms. The minimum absolute atomic E-state index is 0.192. The van der Waals surface area contributed by atoms with Gasteiger partial charge in [-0.3, -0.25) is 4.98 Å². The Morgan fingerprint density at radius 1 is 1.40 bits per heavy atom. The van der Waals surface area contributed by atoms with Crippen LogP contribution in [-0.2, 0) is 16.2 Å². The van der Waals surface area contributed by atoms with E-state index in [1.54, 1.807) is 0 Å². The molecule has 2 heterocycles. The smallest absolute Gasteiger partial charge is 0.315 e. The molecule has 1 N–H and O–H groups in total. The van der Waals surface area contributed by atoms with Gasteiger partial charge in [-0.05, 0) is 25.1 Å². The zero-order valence-electron chi connectivity index (χ0n) is 10.7. The third kappa shape index (κ3) is 2.94. The molecule has 0 bridgehead atoms. The monoisotopic (exact) mass is 309 g/mol. The fourth-order valence-electron chi connectivity index (χ4n) is 2.01. The van der Waals surface area contributed by atoms with E-state index < -0.39 is 21.9 Å². The maximum Gasteiger partial charge on any atom is 0.433 e. The van der Waals surface area contributed by atoms with Crippen LogP contribution < -0.4 is 5.32 Å². The topological polar surface area (TPSA) is 62.3 Å². The highest BCUT2D eigenvalue weighted by Crippen LogP contribution is 2.28. The zero-order valence-corrected chi connectivity index (χ0v) is 11.5. The summed E-state index contributed by atoms with van der Waals surface area (Å²) < 4.78 is 62.9. The van der Waals surface area contributed by atoms with Crippen LogP contribution in [0.25, 0.3) is 0 Å². The van der Waals surface area contributed by atoms with E-state index in [2.05, 4.69) is 10.3 Å². The number of alkyl halides is 3. The minimum atomic E-state index is -4.58. The van der Waals surface area contributed by atoms with Crippen LogP contribution in [0.5, 0.6) is 0 Å². The number of nitrogens with zero attached hydrogens (tertiary/aromatic N) is 2. The standard InChI is InChI=1S/C11H14F3N3O2S/c1-17(8-4-5-15-6-8)20(18,19)9-2-3-10(16-7-9)11(12,13)14/h2-3,7-8,15H,4-6H2,1H3. The van der Waals surface area contributed by atoms with Gasteiger partial charge >= 0.3 is 6.18 Å². The van der Waals surface area contributed by atoms with Crippen molar-refractivity contribution in [3.8, 4) is 0 Å². The van der Waals surface area contributed by atoms with Gasteiger partial charge in [-0.25, -0.2) is 8.42 Å². The Morgan fingerprint density at radius 2 is 2.10 bits per heavy atom. The maximum absolute atomic E-state index is 12.4. The van der Waals surface area contributed by atoms with Crippen LogP contribution in [0.2, 0.25) is 0 Å². The second-order valence-electron chi connectivity index (χ2n) is 4.54. The van der Waals surface area contributed by atoms with E-state index in [9.17, 15) is 21.6 Å². The zero-order chi connectivity index (χ0) is 15.0. The van der Waals surface area contributed by atoms with Crippen LogP contribution in [0.3, 0.4) is 0 Å². The maximum atomic E-state index is 12.4. The van der Waals surface area contributed by atoms with Gasteiger partial charge in [0.15, 0.2) is 0 Å². The average molecular weight is 309 g/mol. The van der Waals surface area contributed by atoms with Gasteiger partial charge in [0.05, 0.1) is 0 Å². The lowest BCUT2D eigenvalue weighted by atomic mass is 10.3.